The van der Waals surface area contributed by atoms with Gasteiger partial charge in [-0.25, -0.2) is 4.39 Å². The Bertz CT molecular complexity index is 164. The molecule has 0 saturated heterocycles. The van der Waals surface area contributed by atoms with Gasteiger partial charge in [0, 0.05) is 0 Å². The van der Waals surface area contributed by atoms with Crippen LogP contribution in [0.2, 0.25) is 0 Å². The Morgan fingerprint density at radius 2 is 2.20 bits per heavy atom. The third-order valence-corrected chi connectivity index (χ3v) is 1.02. The molecule has 0 aliphatic heterocycles. The van der Waals surface area contributed by atoms with Crippen molar-refractivity contribution in [2.75, 3.05) is 0 Å². The molecule has 0 bridgehead atoms. The topological polar surface area (TPSA) is 0 Å². The summed E-state index contributed by atoms with van der Waals surface area (Å²) in [6.45, 7) is 7.10. The zero-order valence-electron chi connectivity index (χ0n) is 6.52. The van der Waals surface area contributed by atoms with Crippen molar-refractivity contribution in [1.29, 1.82) is 0 Å². The molecular weight excluding hydrogens is 127 g/mol. The van der Waals surface area contributed by atoms with E-state index in [1.54, 1.807) is 13.0 Å². The average molecular weight is 140 g/mol. The molecule has 0 aliphatic carbocycles. The summed E-state index contributed by atoms with van der Waals surface area (Å²) in [6, 6.07) is 0. The van der Waals surface area contributed by atoms with E-state index in [1.165, 1.54) is 6.08 Å². The summed E-state index contributed by atoms with van der Waals surface area (Å²) < 4.78 is 12.6. The van der Waals surface area contributed by atoms with Gasteiger partial charge in [0.2, 0.25) is 0 Å². The standard InChI is InChI=1S/C9H13F/c1-4-5-6-7-9(10)8(2)3/h5-7H,2,4H2,1,3H3/b6-5-,9-7+. The van der Waals surface area contributed by atoms with Crippen molar-refractivity contribution >= 4 is 0 Å². The van der Waals surface area contributed by atoms with Crippen molar-refractivity contribution in [2.24, 2.45) is 0 Å². The zero-order chi connectivity index (χ0) is 7.98. The molecule has 0 amide bonds. The first-order chi connectivity index (χ1) is 4.68. The van der Waals surface area contributed by atoms with Crippen LogP contribution < -0.4 is 0 Å². The van der Waals surface area contributed by atoms with Gasteiger partial charge in [-0.2, -0.15) is 0 Å². The van der Waals surface area contributed by atoms with Crippen molar-refractivity contribution < 1.29 is 4.39 Å². The summed E-state index contributed by atoms with van der Waals surface area (Å²) in [5.74, 6) is -0.246. The number of hydrogen-bond acceptors (Lipinski definition) is 0. The lowest BCUT2D eigenvalue weighted by Crippen LogP contribution is -1.70. The molecule has 0 nitrogen and oxygen atoms in total. The molecule has 0 heterocycles. The largest absolute Gasteiger partial charge is 0.207 e. The van der Waals surface area contributed by atoms with Gasteiger partial charge in [0.15, 0.2) is 0 Å². The molecule has 10 heavy (non-hydrogen) atoms. The molecule has 1 heteroatoms. The van der Waals surface area contributed by atoms with Crippen LogP contribution in [0.4, 0.5) is 4.39 Å². The lowest BCUT2D eigenvalue weighted by molar-refractivity contribution is 0.652. The van der Waals surface area contributed by atoms with E-state index in [0.29, 0.717) is 5.57 Å². The second-order valence-electron chi connectivity index (χ2n) is 2.13. The number of allylic oxidation sites excluding steroid dienone is 5. The van der Waals surface area contributed by atoms with E-state index in [4.69, 9.17) is 0 Å². The molecule has 0 aromatic carbocycles. The molecule has 0 aromatic rings. The molecule has 56 valence electrons. The molecule has 0 aromatic heterocycles. The van der Waals surface area contributed by atoms with Crippen LogP contribution in [0.5, 0.6) is 0 Å². The van der Waals surface area contributed by atoms with E-state index in [-0.39, 0.29) is 5.83 Å². The Morgan fingerprint density at radius 1 is 1.60 bits per heavy atom. The Hall–Kier alpha value is -0.850. The highest BCUT2D eigenvalue weighted by Gasteiger charge is 1.89. The minimum Gasteiger partial charge on any atom is -0.207 e. The first-order valence-electron chi connectivity index (χ1n) is 3.36. The predicted octanol–water partition coefficient (Wildman–Crippen LogP) is 3.38. The van der Waals surface area contributed by atoms with Gasteiger partial charge in [-0.1, -0.05) is 25.7 Å². The molecule has 0 rings (SSSR count). The van der Waals surface area contributed by atoms with Crippen LogP contribution in [0.1, 0.15) is 20.3 Å². The first kappa shape index (κ1) is 9.15. The second-order valence-corrected chi connectivity index (χ2v) is 2.13. The first-order valence-corrected chi connectivity index (χ1v) is 3.36. The van der Waals surface area contributed by atoms with Gasteiger partial charge < -0.3 is 0 Å². The van der Waals surface area contributed by atoms with Crippen LogP contribution in [0.3, 0.4) is 0 Å². The highest BCUT2D eigenvalue weighted by Crippen LogP contribution is 2.07. The van der Waals surface area contributed by atoms with Crippen LogP contribution >= 0.6 is 0 Å². The van der Waals surface area contributed by atoms with Crippen molar-refractivity contribution in [3.05, 3.63) is 36.2 Å². The summed E-state index contributed by atoms with van der Waals surface area (Å²) in [7, 11) is 0. The van der Waals surface area contributed by atoms with Gasteiger partial charge in [-0.3, -0.25) is 0 Å². The van der Waals surface area contributed by atoms with Crippen molar-refractivity contribution in [3.8, 4) is 0 Å². The van der Waals surface area contributed by atoms with E-state index in [2.05, 4.69) is 6.58 Å². The lowest BCUT2D eigenvalue weighted by atomic mass is 10.3. The zero-order valence-corrected chi connectivity index (χ0v) is 6.52. The highest BCUT2D eigenvalue weighted by atomic mass is 19.1. The van der Waals surface area contributed by atoms with Crippen LogP contribution in [0.25, 0.3) is 0 Å². The minimum absolute atomic E-state index is 0.246. The van der Waals surface area contributed by atoms with Crippen LogP contribution in [0, 0.1) is 0 Å². The summed E-state index contributed by atoms with van der Waals surface area (Å²) >= 11 is 0. The molecule has 0 atom stereocenters. The van der Waals surface area contributed by atoms with E-state index < -0.39 is 0 Å². The van der Waals surface area contributed by atoms with Gasteiger partial charge >= 0.3 is 0 Å². The van der Waals surface area contributed by atoms with Gasteiger partial charge in [-0.05, 0) is 25.0 Å². The fourth-order valence-electron chi connectivity index (χ4n) is 0.431. The maximum Gasteiger partial charge on any atom is 0.125 e. The Morgan fingerprint density at radius 3 is 2.60 bits per heavy atom. The second kappa shape index (κ2) is 4.98. The van der Waals surface area contributed by atoms with Crippen LogP contribution in [0.15, 0.2) is 36.2 Å². The van der Waals surface area contributed by atoms with Crippen molar-refractivity contribution in [3.63, 3.8) is 0 Å². The fourth-order valence-corrected chi connectivity index (χ4v) is 0.431. The smallest absolute Gasteiger partial charge is 0.125 e. The maximum atomic E-state index is 12.6. The Labute approximate surface area is 61.8 Å². The van der Waals surface area contributed by atoms with E-state index in [9.17, 15) is 4.39 Å². The van der Waals surface area contributed by atoms with Gasteiger partial charge in [0.1, 0.15) is 5.83 Å². The normalized spacial score (nSPS) is 12.5. The molecule has 0 saturated carbocycles. The summed E-state index contributed by atoms with van der Waals surface area (Å²) in [4.78, 5) is 0. The average Bonchev–Trinajstić information content (AvgIpc) is 1.88. The summed E-state index contributed by atoms with van der Waals surface area (Å²) in [6.07, 6.45) is 5.94. The maximum absolute atomic E-state index is 12.6. The fraction of sp³-hybridized carbons (Fsp3) is 0.333. The lowest BCUT2D eigenvalue weighted by Gasteiger charge is -1.88. The molecule has 0 radical (unpaired) electrons. The monoisotopic (exact) mass is 140 g/mol. The van der Waals surface area contributed by atoms with Crippen LogP contribution in [-0.2, 0) is 0 Å². The summed E-state index contributed by atoms with van der Waals surface area (Å²) in [5, 5.41) is 0. The van der Waals surface area contributed by atoms with Gasteiger partial charge in [0.05, 0.1) is 0 Å². The number of hydrogen-bond donors (Lipinski definition) is 0. The number of rotatable bonds is 3. The minimum atomic E-state index is -0.246. The van der Waals surface area contributed by atoms with E-state index in [1.807, 2.05) is 13.0 Å². The summed E-state index contributed by atoms with van der Waals surface area (Å²) in [5.41, 5.74) is 0.473. The molecule has 0 spiro atoms. The quantitative estimate of drug-likeness (QED) is 0.527. The third kappa shape index (κ3) is 4.07. The van der Waals surface area contributed by atoms with Gasteiger partial charge in [-0.15, -0.1) is 0 Å². The highest BCUT2D eigenvalue weighted by molar-refractivity contribution is 5.23. The van der Waals surface area contributed by atoms with Crippen molar-refractivity contribution in [2.45, 2.75) is 20.3 Å². The molecule has 0 unspecified atom stereocenters. The van der Waals surface area contributed by atoms with E-state index in [0.717, 1.165) is 6.42 Å². The molecular formula is C9H13F. The number of halogens is 1. The molecule has 0 fully saturated rings. The molecule has 0 aliphatic rings. The predicted molar refractivity (Wildman–Crippen MR) is 43.4 cm³/mol. The molecule has 0 N–H and O–H groups in total. The SMILES string of the molecule is C=C(C)/C(F)=C\C=C/CC. The Balaban J connectivity index is 3.92. The van der Waals surface area contributed by atoms with E-state index >= 15 is 0 Å². The third-order valence-electron chi connectivity index (χ3n) is 1.02. The van der Waals surface area contributed by atoms with Crippen LogP contribution in [-0.4, -0.2) is 0 Å². The van der Waals surface area contributed by atoms with Crippen molar-refractivity contribution in [1.82, 2.24) is 0 Å². The van der Waals surface area contributed by atoms with Gasteiger partial charge in [0.25, 0.3) is 0 Å². The Kier molecular flexibility index (Phi) is 4.55.